The second-order valence-electron chi connectivity index (χ2n) is 4.57. The SMILES string of the molecule is C[C@@H]1CNCCN1Cc1ccc(Br)c([N+](=O)[O-])c1.Cl. The first-order valence-corrected chi connectivity index (χ1v) is 6.75. The molecule has 1 saturated heterocycles. The van der Waals surface area contributed by atoms with Crippen LogP contribution in [-0.4, -0.2) is 35.5 Å². The van der Waals surface area contributed by atoms with Crippen molar-refractivity contribution in [1.29, 1.82) is 0 Å². The van der Waals surface area contributed by atoms with Gasteiger partial charge in [0.05, 0.1) is 9.40 Å². The molecule has 0 radical (unpaired) electrons. The molecule has 1 aliphatic heterocycles. The molecule has 0 amide bonds. The number of nitrogens with zero attached hydrogens (tertiary/aromatic N) is 2. The predicted octanol–water partition coefficient (Wildman–Crippen LogP) is 2.57. The number of piperazine rings is 1. The first kappa shape index (κ1) is 16.4. The molecule has 0 aliphatic carbocycles. The number of rotatable bonds is 3. The van der Waals surface area contributed by atoms with E-state index in [1.807, 2.05) is 6.07 Å². The maximum atomic E-state index is 10.9. The molecule has 106 valence electrons. The average molecular weight is 351 g/mol. The standard InChI is InChI=1S/C12H16BrN3O2.ClH/c1-9-7-14-4-5-15(9)8-10-2-3-11(13)12(6-10)16(17)18;/h2-3,6,9,14H,4-5,7-8H2,1H3;1H/t9-;/m1./s1. The van der Waals surface area contributed by atoms with Gasteiger partial charge < -0.3 is 5.32 Å². The molecule has 1 N–H and O–H groups in total. The van der Waals surface area contributed by atoms with E-state index in [4.69, 9.17) is 0 Å². The Bertz CT molecular complexity index is 459. The fourth-order valence-electron chi connectivity index (χ4n) is 2.15. The minimum atomic E-state index is -0.352. The molecule has 2 rings (SSSR count). The van der Waals surface area contributed by atoms with Crippen molar-refractivity contribution in [2.24, 2.45) is 0 Å². The molecule has 1 heterocycles. The molecule has 0 spiro atoms. The van der Waals surface area contributed by atoms with Gasteiger partial charge in [0.2, 0.25) is 0 Å². The normalized spacial score (nSPS) is 19.8. The van der Waals surface area contributed by atoms with E-state index in [1.54, 1.807) is 12.1 Å². The third kappa shape index (κ3) is 4.14. The van der Waals surface area contributed by atoms with Gasteiger partial charge in [0, 0.05) is 38.3 Å². The summed E-state index contributed by atoms with van der Waals surface area (Å²) in [6.45, 7) is 5.85. The molecule has 1 aromatic carbocycles. The molecule has 0 bridgehead atoms. The van der Waals surface area contributed by atoms with Crippen LogP contribution in [0.3, 0.4) is 0 Å². The Kier molecular flexibility index (Phi) is 6.19. The first-order chi connectivity index (χ1) is 8.58. The molecule has 1 fully saturated rings. The molecule has 1 aromatic rings. The van der Waals surface area contributed by atoms with Crippen molar-refractivity contribution in [1.82, 2.24) is 10.2 Å². The maximum Gasteiger partial charge on any atom is 0.283 e. The number of benzene rings is 1. The van der Waals surface area contributed by atoms with Crippen molar-refractivity contribution in [3.63, 3.8) is 0 Å². The molecular formula is C12H17BrClN3O2. The zero-order valence-corrected chi connectivity index (χ0v) is 13.0. The first-order valence-electron chi connectivity index (χ1n) is 5.95. The van der Waals surface area contributed by atoms with Gasteiger partial charge in [0.1, 0.15) is 0 Å². The average Bonchev–Trinajstić information content (AvgIpc) is 2.34. The van der Waals surface area contributed by atoms with Crippen LogP contribution in [0, 0.1) is 10.1 Å². The van der Waals surface area contributed by atoms with Crippen LogP contribution in [0.5, 0.6) is 0 Å². The molecule has 19 heavy (non-hydrogen) atoms. The van der Waals surface area contributed by atoms with Crippen LogP contribution in [0.15, 0.2) is 22.7 Å². The molecule has 0 aromatic heterocycles. The van der Waals surface area contributed by atoms with Gasteiger partial charge in [-0.25, -0.2) is 0 Å². The van der Waals surface area contributed by atoms with Gasteiger partial charge in [-0.2, -0.15) is 0 Å². The van der Waals surface area contributed by atoms with E-state index in [1.165, 1.54) is 0 Å². The second-order valence-corrected chi connectivity index (χ2v) is 5.42. The van der Waals surface area contributed by atoms with Gasteiger partial charge in [-0.3, -0.25) is 15.0 Å². The zero-order valence-electron chi connectivity index (χ0n) is 10.6. The maximum absolute atomic E-state index is 10.9. The van der Waals surface area contributed by atoms with Crippen LogP contribution in [0.4, 0.5) is 5.69 Å². The fourth-order valence-corrected chi connectivity index (χ4v) is 2.54. The molecule has 0 saturated carbocycles. The second kappa shape index (κ2) is 7.19. The van der Waals surface area contributed by atoms with Gasteiger partial charge in [-0.15, -0.1) is 12.4 Å². The van der Waals surface area contributed by atoms with Crippen molar-refractivity contribution in [3.05, 3.63) is 38.3 Å². The van der Waals surface area contributed by atoms with E-state index in [2.05, 4.69) is 33.1 Å². The highest BCUT2D eigenvalue weighted by Crippen LogP contribution is 2.26. The molecule has 7 heteroatoms. The lowest BCUT2D eigenvalue weighted by Crippen LogP contribution is -2.49. The number of nitro benzene ring substituents is 1. The minimum absolute atomic E-state index is 0. The van der Waals surface area contributed by atoms with Gasteiger partial charge in [-0.05, 0) is 34.5 Å². The summed E-state index contributed by atoms with van der Waals surface area (Å²) in [5.41, 5.74) is 1.12. The Morgan fingerprint density at radius 2 is 2.32 bits per heavy atom. The number of hydrogen-bond donors (Lipinski definition) is 1. The van der Waals surface area contributed by atoms with Crippen LogP contribution in [0.25, 0.3) is 0 Å². The monoisotopic (exact) mass is 349 g/mol. The van der Waals surface area contributed by atoms with E-state index in [0.717, 1.165) is 31.7 Å². The summed E-state index contributed by atoms with van der Waals surface area (Å²) >= 11 is 3.20. The summed E-state index contributed by atoms with van der Waals surface area (Å²) in [6.07, 6.45) is 0. The molecule has 1 aliphatic rings. The summed E-state index contributed by atoms with van der Waals surface area (Å²) in [6, 6.07) is 5.80. The number of nitrogens with one attached hydrogen (secondary N) is 1. The van der Waals surface area contributed by atoms with Crippen LogP contribution >= 0.6 is 28.3 Å². The minimum Gasteiger partial charge on any atom is -0.314 e. The quantitative estimate of drug-likeness (QED) is 0.672. The van der Waals surface area contributed by atoms with Crippen molar-refractivity contribution < 1.29 is 4.92 Å². The van der Waals surface area contributed by atoms with E-state index >= 15 is 0 Å². The van der Waals surface area contributed by atoms with Crippen molar-refractivity contribution in [2.45, 2.75) is 19.5 Å². The zero-order chi connectivity index (χ0) is 13.1. The Balaban J connectivity index is 0.00000180. The topological polar surface area (TPSA) is 58.4 Å². The lowest BCUT2D eigenvalue weighted by atomic mass is 10.1. The van der Waals surface area contributed by atoms with E-state index < -0.39 is 0 Å². The van der Waals surface area contributed by atoms with Crippen molar-refractivity contribution >= 4 is 34.0 Å². The molecule has 0 unspecified atom stereocenters. The Morgan fingerprint density at radius 3 is 2.95 bits per heavy atom. The highest BCUT2D eigenvalue weighted by Gasteiger charge is 2.19. The molecular weight excluding hydrogens is 334 g/mol. The number of nitro groups is 1. The number of halogens is 2. The third-order valence-electron chi connectivity index (χ3n) is 3.23. The third-order valence-corrected chi connectivity index (χ3v) is 3.90. The van der Waals surface area contributed by atoms with Crippen molar-refractivity contribution in [3.8, 4) is 0 Å². The predicted molar refractivity (Wildman–Crippen MR) is 80.8 cm³/mol. The fraction of sp³-hybridized carbons (Fsp3) is 0.500. The van der Waals surface area contributed by atoms with E-state index in [9.17, 15) is 10.1 Å². The lowest BCUT2D eigenvalue weighted by Gasteiger charge is -2.33. The highest BCUT2D eigenvalue weighted by atomic mass is 79.9. The van der Waals surface area contributed by atoms with Crippen LogP contribution < -0.4 is 5.32 Å². The van der Waals surface area contributed by atoms with Crippen LogP contribution in [0.1, 0.15) is 12.5 Å². The Morgan fingerprint density at radius 1 is 1.58 bits per heavy atom. The Hall–Kier alpha value is -0.690. The van der Waals surface area contributed by atoms with Gasteiger partial charge >= 0.3 is 0 Å². The smallest absolute Gasteiger partial charge is 0.283 e. The van der Waals surface area contributed by atoms with E-state index in [-0.39, 0.29) is 23.0 Å². The van der Waals surface area contributed by atoms with Gasteiger partial charge in [0.25, 0.3) is 5.69 Å². The van der Waals surface area contributed by atoms with Crippen molar-refractivity contribution in [2.75, 3.05) is 19.6 Å². The number of hydrogen-bond acceptors (Lipinski definition) is 4. The van der Waals surface area contributed by atoms with Gasteiger partial charge in [0.15, 0.2) is 0 Å². The summed E-state index contributed by atoms with van der Waals surface area (Å²) in [5.74, 6) is 0. The lowest BCUT2D eigenvalue weighted by molar-refractivity contribution is -0.385. The summed E-state index contributed by atoms with van der Waals surface area (Å²) in [4.78, 5) is 12.9. The van der Waals surface area contributed by atoms with Crippen LogP contribution in [-0.2, 0) is 6.54 Å². The Labute approximate surface area is 127 Å². The highest BCUT2D eigenvalue weighted by molar-refractivity contribution is 9.10. The molecule has 1 atom stereocenters. The summed E-state index contributed by atoms with van der Waals surface area (Å²) in [5, 5.41) is 14.2. The van der Waals surface area contributed by atoms with E-state index in [0.29, 0.717) is 10.5 Å². The largest absolute Gasteiger partial charge is 0.314 e. The van der Waals surface area contributed by atoms with Gasteiger partial charge in [-0.1, -0.05) is 6.07 Å². The summed E-state index contributed by atoms with van der Waals surface area (Å²) < 4.78 is 0.532. The molecule has 5 nitrogen and oxygen atoms in total. The van der Waals surface area contributed by atoms with Crippen LogP contribution in [0.2, 0.25) is 0 Å². The summed E-state index contributed by atoms with van der Waals surface area (Å²) in [7, 11) is 0.